The molecule has 0 radical (unpaired) electrons. The molecule has 4 rings (SSSR count). The van der Waals surface area contributed by atoms with E-state index in [4.69, 9.17) is 9.15 Å². The Morgan fingerprint density at radius 3 is 2.57 bits per heavy atom. The van der Waals surface area contributed by atoms with Crippen LogP contribution < -0.4 is 15.5 Å². The number of hydrogen-bond acceptors (Lipinski definition) is 6. The third-order valence-corrected chi connectivity index (χ3v) is 4.77. The molecule has 3 heterocycles. The Bertz CT molecular complexity index is 996. The van der Waals surface area contributed by atoms with Gasteiger partial charge in [-0.25, -0.2) is 4.98 Å². The molecule has 8 nitrogen and oxygen atoms in total. The van der Waals surface area contributed by atoms with Crippen molar-refractivity contribution < 1.29 is 18.7 Å². The van der Waals surface area contributed by atoms with Crippen LogP contribution in [-0.2, 0) is 11.3 Å². The van der Waals surface area contributed by atoms with E-state index in [0.717, 1.165) is 18.9 Å². The van der Waals surface area contributed by atoms with Crippen molar-refractivity contribution in [3.05, 3.63) is 77.9 Å². The number of hydrogen-bond donors (Lipinski definition) is 2. The number of rotatable bonds is 6. The molecule has 0 saturated carbocycles. The van der Waals surface area contributed by atoms with Crippen LogP contribution in [0.1, 0.15) is 26.5 Å². The number of morpholine rings is 1. The first-order valence-electron chi connectivity index (χ1n) is 9.70. The van der Waals surface area contributed by atoms with Gasteiger partial charge >= 0.3 is 0 Å². The smallest absolute Gasteiger partial charge is 0.257 e. The minimum atomic E-state index is -0.331. The lowest BCUT2D eigenvalue weighted by atomic mass is 10.1. The Kier molecular flexibility index (Phi) is 6.05. The van der Waals surface area contributed by atoms with Gasteiger partial charge in [0.1, 0.15) is 11.6 Å². The summed E-state index contributed by atoms with van der Waals surface area (Å²) in [5.41, 5.74) is 1.21. The molecule has 0 aliphatic carbocycles. The molecule has 0 spiro atoms. The molecule has 8 heteroatoms. The predicted molar refractivity (Wildman–Crippen MR) is 112 cm³/mol. The van der Waals surface area contributed by atoms with Gasteiger partial charge in [-0.2, -0.15) is 0 Å². The van der Waals surface area contributed by atoms with Crippen LogP contribution in [-0.4, -0.2) is 43.1 Å². The Labute approximate surface area is 173 Å². The number of nitrogens with one attached hydrogen (secondary N) is 2. The van der Waals surface area contributed by atoms with E-state index in [1.54, 1.807) is 54.9 Å². The standard InChI is InChI=1S/C22H22N4O4/c27-21(16-7-8-20(23-14-16)26-9-12-29-13-10-26)25-19-6-2-1-5-18(19)22(28)24-15-17-4-3-11-30-17/h1-8,11,14H,9-10,12-13,15H2,(H,24,28)(H,25,27). The first-order valence-corrected chi connectivity index (χ1v) is 9.70. The fourth-order valence-corrected chi connectivity index (χ4v) is 3.16. The number of anilines is 2. The van der Waals surface area contributed by atoms with Crippen LogP contribution in [0, 0.1) is 0 Å². The Morgan fingerprint density at radius 1 is 1.00 bits per heavy atom. The van der Waals surface area contributed by atoms with E-state index in [1.807, 2.05) is 6.07 Å². The molecule has 1 aliphatic rings. The third-order valence-electron chi connectivity index (χ3n) is 4.77. The summed E-state index contributed by atoms with van der Waals surface area (Å²) in [7, 11) is 0. The molecule has 2 amide bonds. The topological polar surface area (TPSA) is 96.7 Å². The maximum atomic E-state index is 12.7. The molecule has 1 aromatic carbocycles. The van der Waals surface area contributed by atoms with Crippen LogP contribution in [0.15, 0.2) is 65.4 Å². The summed E-state index contributed by atoms with van der Waals surface area (Å²) in [6.45, 7) is 3.16. The average molecular weight is 406 g/mol. The van der Waals surface area contributed by atoms with Crippen LogP contribution in [0.5, 0.6) is 0 Å². The summed E-state index contributed by atoms with van der Waals surface area (Å²) in [4.78, 5) is 31.8. The molecular formula is C22H22N4O4. The van der Waals surface area contributed by atoms with Gasteiger partial charge in [-0.1, -0.05) is 12.1 Å². The first-order chi connectivity index (χ1) is 14.7. The molecule has 3 aromatic rings. The van der Waals surface area contributed by atoms with E-state index in [9.17, 15) is 9.59 Å². The van der Waals surface area contributed by atoms with Gasteiger partial charge in [0.25, 0.3) is 11.8 Å². The van der Waals surface area contributed by atoms with Crippen molar-refractivity contribution in [1.82, 2.24) is 10.3 Å². The highest BCUT2D eigenvalue weighted by atomic mass is 16.5. The Hall–Kier alpha value is -3.65. The number of furan rings is 1. The summed E-state index contributed by atoms with van der Waals surface area (Å²) in [6.07, 6.45) is 3.09. The highest BCUT2D eigenvalue weighted by Gasteiger charge is 2.16. The van der Waals surface area contributed by atoms with Crippen molar-refractivity contribution in [2.75, 3.05) is 36.5 Å². The lowest BCUT2D eigenvalue weighted by Crippen LogP contribution is -2.36. The van der Waals surface area contributed by atoms with Crippen molar-refractivity contribution in [3.8, 4) is 0 Å². The quantitative estimate of drug-likeness (QED) is 0.653. The maximum Gasteiger partial charge on any atom is 0.257 e. The second kappa shape index (κ2) is 9.23. The van der Waals surface area contributed by atoms with Gasteiger partial charge in [-0.3, -0.25) is 9.59 Å². The number of nitrogens with zero attached hydrogens (tertiary/aromatic N) is 2. The number of ether oxygens (including phenoxy) is 1. The van der Waals surface area contributed by atoms with Crippen molar-refractivity contribution in [3.63, 3.8) is 0 Å². The van der Waals surface area contributed by atoms with E-state index in [2.05, 4.69) is 20.5 Å². The molecule has 1 saturated heterocycles. The SMILES string of the molecule is O=C(Nc1ccccc1C(=O)NCc1ccco1)c1ccc(N2CCOCC2)nc1. The first kappa shape index (κ1) is 19.7. The molecule has 1 aliphatic heterocycles. The zero-order valence-corrected chi connectivity index (χ0v) is 16.3. The molecule has 1 fully saturated rings. The Balaban J connectivity index is 1.42. The lowest BCUT2D eigenvalue weighted by molar-refractivity contribution is 0.0949. The van der Waals surface area contributed by atoms with Crippen LogP contribution in [0.2, 0.25) is 0 Å². The van der Waals surface area contributed by atoms with E-state index in [0.29, 0.717) is 35.8 Å². The third kappa shape index (κ3) is 4.66. The average Bonchev–Trinajstić information content (AvgIpc) is 3.32. The highest BCUT2D eigenvalue weighted by molar-refractivity contribution is 6.08. The van der Waals surface area contributed by atoms with Crippen LogP contribution in [0.25, 0.3) is 0 Å². The summed E-state index contributed by atoms with van der Waals surface area (Å²) in [6, 6.07) is 13.9. The highest BCUT2D eigenvalue weighted by Crippen LogP contribution is 2.18. The van der Waals surface area contributed by atoms with Crippen LogP contribution in [0.4, 0.5) is 11.5 Å². The summed E-state index contributed by atoms with van der Waals surface area (Å²) in [5, 5.41) is 5.59. The number of benzene rings is 1. The number of para-hydroxylation sites is 1. The van der Waals surface area contributed by atoms with Crippen molar-refractivity contribution >= 4 is 23.3 Å². The van der Waals surface area contributed by atoms with Crippen molar-refractivity contribution in [2.45, 2.75) is 6.54 Å². The minimum absolute atomic E-state index is 0.265. The largest absolute Gasteiger partial charge is 0.467 e. The fraction of sp³-hybridized carbons (Fsp3) is 0.227. The van der Waals surface area contributed by atoms with Gasteiger partial charge < -0.3 is 24.7 Å². The van der Waals surface area contributed by atoms with Crippen molar-refractivity contribution in [2.24, 2.45) is 0 Å². The lowest BCUT2D eigenvalue weighted by Gasteiger charge is -2.27. The van der Waals surface area contributed by atoms with Gasteiger partial charge in [0.05, 0.1) is 42.8 Å². The second-order valence-corrected chi connectivity index (χ2v) is 6.77. The zero-order chi connectivity index (χ0) is 20.8. The van der Waals surface area contributed by atoms with Gasteiger partial charge in [-0.15, -0.1) is 0 Å². The zero-order valence-electron chi connectivity index (χ0n) is 16.3. The number of carbonyl (C=O) groups is 2. The molecule has 0 unspecified atom stereocenters. The van der Waals surface area contributed by atoms with Gasteiger partial charge in [0, 0.05) is 19.3 Å². The number of carbonyl (C=O) groups excluding carboxylic acids is 2. The van der Waals surface area contributed by atoms with E-state index < -0.39 is 0 Å². The van der Waals surface area contributed by atoms with Gasteiger partial charge in [0.15, 0.2) is 0 Å². The number of amides is 2. The normalized spacial score (nSPS) is 13.7. The monoisotopic (exact) mass is 406 g/mol. The molecule has 0 atom stereocenters. The number of aromatic nitrogens is 1. The van der Waals surface area contributed by atoms with Gasteiger partial charge in [0.2, 0.25) is 0 Å². The molecule has 154 valence electrons. The molecule has 30 heavy (non-hydrogen) atoms. The molecular weight excluding hydrogens is 384 g/mol. The summed E-state index contributed by atoms with van der Waals surface area (Å²) in [5.74, 6) is 0.828. The van der Waals surface area contributed by atoms with Crippen LogP contribution >= 0.6 is 0 Å². The minimum Gasteiger partial charge on any atom is -0.467 e. The van der Waals surface area contributed by atoms with E-state index in [1.165, 1.54) is 0 Å². The van der Waals surface area contributed by atoms with E-state index >= 15 is 0 Å². The fourth-order valence-electron chi connectivity index (χ4n) is 3.16. The molecule has 0 bridgehead atoms. The number of pyridine rings is 1. The van der Waals surface area contributed by atoms with E-state index in [-0.39, 0.29) is 18.4 Å². The van der Waals surface area contributed by atoms with Crippen molar-refractivity contribution in [1.29, 1.82) is 0 Å². The predicted octanol–water partition coefficient (Wildman–Crippen LogP) is 2.69. The maximum absolute atomic E-state index is 12.7. The van der Waals surface area contributed by atoms with Crippen LogP contribution in [0.3, 0.4) is 0 Å². The molecule has 2 N–H and O–H groups in total. The summed E-state index contributed by atoms with van der Waals surface area (Å²) >= 11 is 0. The molecule has 2 aromatic heterocycles. The second-order valence-electron chi connectivity index (χ2n) is 6.77. The Morgan fingerprint density at radius 2 is 1.83 bits per heavy atom. The summed E-state index contributed by atoms with van der Waals surface area (Å²) < 4.78 is 10.6. The van der Waals surface area contributed by atoms with Gasteiger partial charge in [-0.05, 0) is 36.4 Å².